The molecule has 0 radical (unpaired) electrons. The molecule has 0 aromatic heterocycles. The average molecular weight is 308 g/mol. The van der Waals surface area contributed by atoms with Crippen molar-refractivity contribution in [2.24, 2.45) is 0 Å². The van der Waals surface area contributed by atoms with Crippen LogP contribution in [0.3, 0.4) is 0 Å². The van der Waals surface area contributed by atoms with Crippen molar-refractivity contribution in [1.82, 2.24) is 5.32 Å². The number of hydrogen-bond donors (Lipinski definition) is 1. The fourth-order valence-corrected chi connectivity index (χ4v) is 2.27. The van der Waals surface area contributed by atoms with Crippen LogP contribution in [0.15, 0.2) is 48.5 Å². The van der Waals surface area contributed by atoms with E-state index in [9.17, 15) is 4.39 Å². The highest BCUT2D eigenvalue weighted by atomic mass is 35.5. The summed E-state index contributed by atoms with van der Waals surface area (Å²) in [4.78, 5) is 0. The summed E-state index contributed by atoms with van der Waals surface area (Å²) >= 11 is 6.12. The van der Waals surface area contributed by atoms with E-state index < -0.39 is 0 Å². The number of ether oxygens (including phenoxy) is 1. The van der Waals surface area contributed by atoms with Crippen LogP contribution in [0.25, 0.3) is 0 Å². The topological polar surface area (TPSA) is 21.3 Å². The summed E-state index contributed by atoms with van der Waals surface area (Å²) in [5.41, 5.74) is 1.46. The quantitative estimate of drug-likeness (QED) is 0.821. The second-order valence-corrected chi connectivity index (χ2v) is 5.13. The number of rotatable bonds is 7. The number of halogens is 2. The molecule has 4 heteroatoms. The molecular weight excluding hydrogens is 289 g/mol. The van der Waals surface area contributed by atoms with Gasteiger partial charge in [0.05, 0.1) is 12.7 Å². The van der Waals surface area contributed by atoms with Crippen LogP contribution in [0.4, 0.5) is 4.39 Å². The largest absolute Gasteiger partial charge is 0.367 e. The maximum Gasteiger partial charge on any atom is 0.129 e. The van der Waals surface area contributed by atoms with Crippen LogP contribution in [-0.4, -0.2) is 13.1 Å². The highest BCUT2D eigenvalue weighted by Gasteiger charge is 2.16. The minimum atomic E-state index is -0.345. The second kappa shape index (κ2) is 8.13. The predicted octanol–water partition coefficient (Wildman–Crippen LogP) is 4.35. The molecule has 0 spiro atoms. The highest BCUT2D eigenvalue weighted by molar-refractivity contribution is 6.31. The zero-order valence-corrected chi connectivity index (χ0v) is 12.7. The van der Waals surface area contributed by atoms with Gasteiger partial charge in [0.25, 0.3) is 0 Å². The van der Waals surface area contributed by atoms with E-state index in [2.05, 4.69) is 5.32 Å². The maximum atomic E-state index is 13.9. The lowest BCUT2D eigenvalue weighted by molar-refractivity contribution is 0.0379. The Labute approximate surface area is 129 Å². The molecule has 0 bridgehead atoms. The van der Waals surface area contributed by atoms with Gasteiger partial charge in [-0.3, -0.25) is 0 Å². The van der Waals surface area contributed by atoms with Gasteiger partial charge >= 0.3 is 0 Å². The van der Waals surface area contributed by atoms with Gasteiger partial charge in [-0.2, -0.15) is 0 Å². The van der Waals surface area contributed by atoms with Crippen LogP contribution in [0.1, 0.15) is 24.2 Å². The van der Waals surface area contributed by atoms with E-state index in [1.165, 1.54) is 6.07 Å². The standard InChI is InChI=1S/C17H19ClFNO/c1-2-20-11-17(14-8-4-6-10-16(14)19)21-12-13-7-3-5-9-15(13)18/h3-10,17,20H,2,11-12H2,1H3. The van der Waals surface area contributed by atoms with Crippen LogP contribution < -0.4 is 5.32 Å². The van der Waals surface area contributed by atoms with Gasteiger partial charge in [-0.1, -0.05) is 54.9 Å². The van der Waals surface area contributed by atoms with E-state index in [1.807, 2.05) is 37.3 Å². The number of benzene rings is 2. The van der Waals surface area contributed by atoms with Crippen molar-refractivity contribution in [3.63, 3.8) is 0 Å². The van der Waals surface area contributed by atoms with E-state index >= 15 is 0 Å². The van der Waals surface area contributed by atoms with Gasteiger partial charge < -0.3 is 10.1 Å². The fourth-order valence-electron chi connectivity index (χ4n) is 2.08. The van der Waals surface area contributed by atoms with Gasteiger partial charge in [-0.05, 0) is 24.2 Å². The lowest BCUT2D eigenvalue weighted by atomic mass is 10.1. The summed E-state index contributed by atoms with van der Waals surface area (Å²) < 4.78 is 19.8. The predicted molar refractivity (Wildman–Crippen MR) is 83.9 cm³/mol. The summed E-state index contributed by atoms with van der Waals surface area (Å²) in [6, 6.07) is 14.2. The Morgan fingerprint density at radius 3 is 2.57 bits per heavy atom. The molecule has 0 fully saturated rings. The lowest BCUT2D eigenvalue weighted by Gasteiger charge is -2.19. The second-order valence-electron chi connectivity index (χ2n) is 4.72. The molecule has 1 N–H and O–H groups in total. The van der Waals surface area contributed by atoms with Crippen LogP contribution >= 0.6 is 11.6 Å². The normalized spacial score (nSPS) is 12.3. The average Bonchev–Trinajstić information content (AvgIpc) is 2.50. The third-order valence-electron chi connectivity index (χ3n) is 3.23. The van der Waals surface area contributed by atoms with Crippen molar-refractivity contribution in [1.29, 1.82) is 0 Å². The van der Waals surface area contributed by atoms with Gasteiger partial charge in [0, 0.05) is 17.1 Å². The van der Waals surface area contributed by atoms with Crippen LogP contribution in [0, 0.1) is 5.82 Å². The Bertz CT molecular complexity index is 576. The monoisotopic (exact) mass is 307 g/mol. The van der Waals surface area contributed by atoms with Gasteiger partial charge in [-0.25, -0.2) is 4.39 Å². The Hall–Kier alpha value is -1.42. The Morgan fingerprint density at radius 1 is 1.14 bits per heavy atom. The van der Waals surface area contributed by atoms with Crippen LogP contribution in [-0.2, 0) is 11.3 Å². The molecule has 2 aromatic carbocycles. The van der Waals surface area contributed by atoms with E-state index in [0.717, 1.165) is 12.1 Å². The van der Waals surface area contributed by atoms with Crippen molar-refractivity contribution in [2.75, 3.05) is 13.1 Å². The van der Waals surface area contributed by atoms with Crippen molar-refractivity contribution >= 4 is 11.6 Å². The lowest BCUT2D eigenvalue weighted by Crippen LogP contribution is -2.23. The molecule has 2 rings (SSSR count). The van der Waals surface area contributed by atoms with Crippen LogP contribution in [0.5, 0.6) is 0 Å². The first-order valence-corrected chi connectivity index (χ1v) is 7.40. The molecule has 1 atom stereocenters. The van der Waals surface area contributed by atoms with Gasteiger partial charge in [-0.15, -0.1) is 0 Å². The van der Waals surface area contributed by atoms with E-state index in [0.29, 0.717) is 23.7 Å². The van der Waals surface area contributed by atoms with Crippen molar-refractivity contribution in [2.45, 2.75) is 19.6 Å². The van der Waals surface area contributed by atoms with Crippen molar-refractivity contribution < 1.29 is 9.13 Å². The molecule has 0 aliphatic carbocycles. The number of likely N-dealkylation sites (N-methyl/N-ethyl adjacent to an activating group) is 1. The van der Waals surface area contributed by atoms with Gasteiger partial charge in [0.15, 0.2) is 0 Å². The van der Waals surface area contributed by atoms with Crippen LogP contribution in [0.2, 0.25) is 5.02 Å². The number of hydrogen-bond acceptors (Lipinski definition) is 2. The minimum Gasteiger partial charge on any atom is -0.367 e. The summed E-state index contributed by atoms with van der Waals surface area (Å²) in [6.45, 7) is 3.72. The summed E-state index contributed by atoms with van der Waals surface area (Å²) in [5.74, 6) is -0.250. The van der Waals surface area contributed by atoms with E-state index in [4.69, 9.17) is 16.3 Å². The molecular formula is C17H19ClFNO. The number of nitrogens with one attached hydrogen (secondary N) is 1. The summed E-state index contributed by atoms with van der Waals surface area (Å²) in [7, 11) is 0. The molecule has 1 unspecified atom stereocenters. The molecule has 2 aromatic rings. The first-order chi connectivity index (χ1) is 10.2. The van der Waals surface area contributed by atoms with Gasteiger partial charge in [0.2, 0.25) is 0 Å². The van der Waals surface area contributed by atoms with Gasteiger partial charge in [0.1, 0.15) is 5.82 Å². The third kappa shape index (κ3) is 4.53. The van der Waals surface area contributed by atoms with E-state index in [-0.39, 0.29) is 11.9 Å². The molecule has 2 nitrogen and oxygen atoms in total. The molecule has 0 aliphatic heterocycles. The van der Waals surface area contributed by atoms with Crippen molar-refractivity contribution in [3.8, 4) is 0 Å². The molecule has 21 heavy (non-hydrogen) atoms. The Morgan fingerprint density at radius 2 is 1.86 bits per heavy atom. The first-order valence-electron chi connectivity index (χ1n) is 7.02. The fraction of sp³-hybridized carbons (Fsp3) is 0.294. The SMILES string of the molecule is CCNCC(OCc1ccccc1Cl)c1ccccc1F. The highest BCUT2D eigenvalue weighted by Crippen LogP contribution is 2.23. The maximum absolute atomic E-state index is 13.9. The first kappa shape index (κ1) is 16.0. The smallest absolute Gasteiger partial charge is 0.129 e. The molecule has 0 saturated heterocycles. The zero-order chi connectivity index (χ0) is 15.1. The Kier molecular flexibility index (Phi) is 6.18. The van der Waals surface area contributed by atoms with Crippen molar-refractivity contribution in [3.05, 3.63) is 70.5 Å². The molecule has 0 saturated carbocycles. The Balaban J connectivity index is 2.10. The third-order valence-corrected chi connectivity index (χ3v) is 3.60. The molecule has 112 valence electrons. The minimum absolute atomic E-state index is 0.250. The summed E-state index contributed by atoms with van der Waals surface area (Å²) in [5, 5.41) is 3.86. The zero-order valence-electron chi connectivity index (χ0n) is 12.0. The molecule has 0 amide bonds. The van der Waals surface area contributed by atoms with E-state index in [1.54, 1.807) is 12.1 Å². The molecule has 0 aliphatic rings. The molecule has 0 heterocycles. The summed E-state index contributed by atoms with van der Waals surface area (Å²) in [6.07, 6.45) is -0.345.